The van der Waals surface area contributed by atoms with Crippen molar-refractivity contribution in [3.63, 3.8) is 0 Å². The lowest BCUT2D eigenvalue weighted by Gasteiger charge is -2.41. The van der Waals surface area contributed by atoms with Gasteiger partial charge in [-0.1, -0.05) is 0 Å². The molecule has 2 N–H and O–H groups in total. The van der Waals surface area contributed by atoms with Gasteiger partial charge >= 0.3 is 35.5 Å². The average Bonchev–Trinajstić information content (AvgIpc) is 2.44. The highest BCUT2D eigenvalue weighted by Gasteiger charge is 2.89. The predicted molar refractivity (Wildman–Crippen MR) is 66.4 cm³/mol. The molecule has 0 aliphatic heterocycles. The third-order valence-electron chi connectivity index (χ3n) is 3.22. The molecule has 0 saturated heterocycles. The maximum Gasteiger partial charge on any atom is 0.384 e. The Bertz CT molecular complexity index is 450. The van der Waals surface area contributed by atoms with E-state index in [-0.39, 0.29) is 0 Å². The predicted octanol–water partition coefficient (Wildman–Crippen LogP) is 4.86. The van der Waals surface area contributed by atoms with E-state index in [1.54, 1.807) is 0 Å². The zero-order chi connectivity index (χ0) is 20.5. The second-order valence-electron chi connectivity index (χ2n) is 5.07. The number of nitrogens with two attached hydrogens (primary N) is 1. The van der Waals surface area contributed by atoms with Crippen LogP contribution < -0.4 is 5.73 Å². The monoisotopic (exact) mass is 419 g/mol. The normalized spacial score (nSPS) is 15.6. The summed E-state index contributed by atoms with van der Waals surface area (Å²) in [5.41, 5.74) is 4.69. The Labute approximate surface area is 139 Å². The van der Waals surface area contributed by atoms with Crippen molar-refractivity contribution in [2.24, 2.45) is 5.73 Å². The van der Waals surface area contributed by atoms with E-state index < -0.39 is 67.1 Å². The van der Waals surface area contributed by atoms with Crippen LogP contribution in [0, 0.1) is 0 Å². The Morgan fingerprint density at radius 1 is 0.560 bits per heavy atom. The summed E-state index contributed by atoms with van der Waals surface area (Å²) in [6.07, 6.45) is -5.39. The lowest BCUT2D eigenvalue weighted by Crippen LogP contribution is -2.70. The van der Waals surface area contributed by atoms with E-state index in [4.69, 9.17) is 5.73 Å². The largest absolute Gasteiger partial charge is 0.384 e. The van der Waals surface area contributed by atoms with Crippen molar-refractivity contribution < 1.29 is 52.7 Å². The quantitative estimate of drug-likeness (QED) is 0.384. The molecule has 0 heterocycles. The minimum absolute atomic E-state index is 0.732. The molecular weight excluding hydrogens is 406 g/mol. The maximum atomic E-state index is 13.3. The summed E-state index contributed by atoms with van der Waals surface area (Å²) in [6.45, 7) is -0.732. The fourth-order valence-electron chi connectivity index (χ4n) is 1.63. The van der Waals surface area contributed by atoms with Crippen LogP contribution in [0.2, 0.25) is 0 Å². The number of thiol groups is 1. The molecule has 0 aliphatic rings. The minimum atomic E-state index is -7.50. The second-order valence-corrected chi connectivity index (χ2v) is 5.52. The molecule has 0 aliphatic carbocycles. The van der Waals surface area contributed by atoms with Crippen LogP contribution in [0.15, 0.2) is 0 Å². The first kappa shape index (κ1) is 24.5. The van der Waals surface area contributed by atoms with E-state index in [0.29, 0.717) is 0 Å². The van der Waals surface area contributed by atoms with E-state index in [2.05, 4.69) is 12.6 Å². The molecule has 0 unspecified atom stereocenters. The molecule has 0 fully saturated rings. The van der Waals surface area contributed by atoms with Gasteiger partial charge in [-0.3, -0.25) is 0 Å². The van der Waals surface area contributed by atoms with Gasteiger partial charge in [-0.15, -0.1) is 0 Å². The number of alkyl halides is 12. The first-order valence-corrected chi connectivity index (χ1v) is 7.08. The van der Waals surface area contributed by atoms with E-state index in [1.807, 2.05) is 0 Å². The van der Waals surface area contributed by atoms with Crippen LogP contribution in [0.5, 0.6) is 0 Å². The Hall–Kier alpha value is -0.530. The van der Waals surface area contributed by atoms with Gasteiger partial charge in [-0.05, 0) is 18.7 Å². The molecule has 0 aromatic heterocycles. The molecule has 1 nitrogen and oxygen atoms in total. The highest BCUT2D eigenvalue weighted by Crippen LogP contribution is 2.60. The van der Waals surface area contributed by atoms with Crippen LogP contribution in [-0.2, 0) is 0 Å². The first-order valence-electron chi connectivity index (χ1n) is 6.45. The molecular formula is C11H13F12NS. The topological polar surface area (TPSA) is 26.0 Å². The molecule has 152 valence electrons. The molecule has 0 spiro atoms. The van der Waals surface area contributed by atoms with E-state index >= 15 is 0 Å². The van der Waals surface area contributed by atoms with Crippen LogP contribution in [0.25, 0.3) is 0 Å². The minimum Gasteiger partial charge on any atom is -0.330 e. The fourth-order valence-corrected chi connectivity index (χ4v) is 1.91. The van der Waals surface area contributed by atoms with Crippen molar-refractivity contribution >= 4 is 12.6 Å². The summed E-state index contributed by atoms with van der Waals surface area (Å²) in [7, 11) is 0. The number of rotatable bonds is 10. The van der Waals surface area contributed by atoms with Gasteiger partial charge in [-0.25, -0.2) is 0 Å². The fraction of sp³-hybridized carbons (Fsp3) is 1.00. The van der Waals surface area contributed by atoms with Crippen LogP contribution >= 0.6 is 12.6 Å². The smallest absolute Gasteiger partial charge is 0.330 e. The van der Waals surface area contributed by atoms with Gasteiger partial charge in [0.2, 0.25) is 0 Å². The third kappa shape index (κ3) is 3.78. The molecule has 0 atom stereocenters. The lowest BCUT2D eigenvalue weighted by atomic mass is 9.89. The van der Waals surface area contributed by atoms with Crippen molar-refractivity contribution in [3.05, 3.63) is 0 Å². The maximum absolute atomic E-state index is 13.3. The van der Waals surface area contributed by atoms with E-state index in [9.17, 15) is 52.7 Å². The van der Waals surface area contributed by atoms with Crippen LogP contribution in [0.4, 0.5) is 52.7 Å². The number of halogens is 12. The second kappa shape index (κ2) is 7.24. The Balaban J connectivity index is 6.11. The highest BCUT2D eigenvalue weighted by atomic mass is 32.1. The van der Waals surface area contributed by atoms with Gasteiger partial charge in [0.05, 0.1) is 0 Å². The number of hydrogen-bond donors (Lipinski definition) is 2. The SMILES string of the molecule is NCCCC(F)(F)C(F)(F)C(F)(F)C(F)(F)C(F)(F)C(F)(F)CCS. The zero-order valence-electron chi connectivity index (χ0n) is 12.1. The van der Waals surface area contributed by atoms with Crippen molar-refractivity contribution in [1.29, 1.82) is 0 Å². The molecule has 14 heteroatoms. The van der Waals surface area contributed by atoms with Gasteiger partial charge < -0.3 is 5.73 Å². The van der Waals surface area contributed by atoms with Crippen molar-refractivity contribution in [3.8, 4) is 0 Å². The Morgan fingerprint density at radius 2 is 0.880 bits per heavy atom. The van der Waals surface area contributed by atoms with Crippen molar-refractivity contribution in [2.45, 2.75) is 54.8 Å². The standard InChI is InChI=1S/C11H13F12NS/c12-6(13,2-1-4-24)8(16,17)10(20,21)11(22,23)9(18,19)7(14,15)3-5-25/h25H,1-5,24H2. The van der Waals surface area contributed by atoms with Gasteiger partial charge in [0.1, 0.15) is 0 Å². The van der Waals surface area contributed by atoms with Gasteiger partial charge in [0.25, 0.3) is 0 Å². The Kier molecular flexibility index (Phi) is 7.08. The van der Waals surface area contributed by atoms with Crippen LogP contribution in [-0.4, -0.2) is 47.8 Å². The summed E-state index contributed by atoms with van der Waals surface area (Å²) in [5, 5.41) is 0. The van der Waals surface area contributed by atoms with E-state index in [0.717, 1.165) is 0 Å². The lowest BCUT2D eigenvalue weighted by molar-refractivity contribution is -0.425. The van der Waals surface area contributed by atoms with Crippen LogP contribution in [0.3, 0.4) is 0 Å². The van der Waals surface area contributed by atoms with Gasteiger partial charge in [0, 0.05) is 12.8 Å². The molecule has 0 aromatic rings. The molecule has 0 amide bonds. The van der Waals surface area contributed by atoms with Crippen LogP contribution in [0.1, 0.15) is 19.3 Å². The summed E-state index contributed by atoms with van der Waals surface area (Å²) in [4.78, 5) is 0. The summed E-state index contributed by atoms with van der Waals surface area (Å²) in [5.74, 6) is -42.1. The highest BCUT2D eigenvalue weighted by molar-refractivity contribution is 7.80. The summed E-state index contributed by atoms with van der Waals surface area (Å²) >= 11 is 3.03. The summed E-state index contributed by atoms with van der Waals surface area (Å²) in [6, 6.07) is 0. The first-order chi connectivity index (χ1) is 10.9. The average molecular weight is 419 g/mol. The summed E-state index contributed by atoms with van der Waals surface area (Å²) < 4.78 is 159. The van der Waals surface area contributed by atoms with Gasteiger partial charge in [0.15, 0.2) is 0 Å². The van der Waals surface area contributed by atoms with Crippen molar-refractivity contribution in [2.75, 3.05) is 12.3 Å². The third-order valence-corrected chi connectivity index (χ3v) is 3.45. The van der Waals surface area contributed by atoms with Gasteiger partial charge in [-0.2, -0.15) is 65.3 Å². The molecule has 25 heavy (non-hydrogen) atoms. The van der Waals surface area contributed by atoms with E-state index in [1.165, 1.54) is 0 Å². The number of hydrogen-bond acceptors (Lipinski definition) is 2. The molecule has 0 aromatic carbocycles. The molecule has 0 rings (SSSR count). The molecule has 0 radical (unpaired) electrons. The molecule has 0 bridgehead atoms. The Morgan fingerprint density at radius 3 is 1.16 bits per heavy atom. The zero-order valence-corrected chi connectivity index (χ0v) is 13.0. The van der Waals surface area contributed by atoms with Crippen molar-refractivity contribution in [1.82, 2.24) is 0 Å². The molecule has 0 saturated carbocycles.